The molecule has 0 fully saturated rings. The van der Waals surface area contributed by atoms with Gasteiger partial charge in [0, 0.05) is 42.9 Å². The maximum Gasteiger partial charge on any atom is 0.225 e. The molecule has 0 aliphatic carbocycles. The smallest absolute Gasteiger partial charge is 0.225 e. The summed E-state index contributed by atoms with van der Waals surface area (Å²) in [4.78, 5) is 22.9. The van der Waals surface area contributed by atoms with Gasteiger partial charge >= 0.3 is 0 Å². The zero-order valence-corrected chi connectivity index (χ0v) is 23.4. The van der Waals surface area contributed by atoms with Gasteiger partial charge in [-0.2, -0.15) is 0 Å². The number of ether oxygens (including phenoxy) is 1. The highest BCUT2D eigenvalue weighted by atomic mass is 16.5. The molecule has 0 saturated heterocycles. The molecule has 1 aromatic carbocycles. The lowest BCUT2D eigenvalue weighted by molar-refractivity contribution is -0.135. The fraction of sp³-hybridized carbons (Fsp3) is 0.500. The van der Waals surface area contributed by atoms with Crippen LogP contribution in [0.1, 0.15) is 84.0 Å². The second-order valence-corrected chi connectivity index (χ2v) is 8.72. The molecule has 0 bridgehead atoms. The monoisotopic (exact) mass is 494 g/mol. The number of nitrogens with zero attached hydrogens (tertiary/aromatic N) is 3. The minimum atomic E-state index is 0.268. The van der Waals surface area contributed by atoms with E-state index in [4.69, 9.17) is 4.74 Å². The van der Waals surface area contributed by atoms with Crippen molar-refractivity contribution in [1.82, 2.24) is 14.9 Å². The van der Waals surface area contributed by atoms with Gasteiger partial charge in [-0.1, -0.05) is 57.5 Å². The molecule has 1 N–H and O–H groups in total. The van der Waals surface area contributed by atoms with Crippen LogP contribution in [0.25, 0.3) is 11.6 Å². The van der Waals surface area contributed by atoms with E-state index in [0.29, 0.717) is 18.4 Å². The van der Waals surface area contributed by atoms with Gasteiger partial charge in [0.2, 0.25) is 11.9 Å². The predicted octanol–water partition coefficient (Wildman–Crippen LogP) is 7.23. The minimum absolute atomic E-state index is 0.268. The number of carbonyl (C=O) groups is 1. The van der Waals surface area contributed by atoms with Gasteiger partial charge in [-0.15, -0.1) is 0 Å². The molecule has 6 heteroatoms. The van der Waals surface area contributed by atoms with Crippen molar-refractivity contribution in [3.05, 3.63) is 59.9 Å². The van der Waals surface area contributed by atoms with Gasteiger partial charge in [-0.25, -0.2) is 9.97 Å². The number of benzene rings is 1. The average molecular weight is 495 g/mol. The minimum Gasteiger partial charge on any atom is -0.496 e. The number of nitrogens with one attached hydrogen (secondary N) is 1. The van der Waals surface area contributed by atoms with E-state index in [1.54, 1.807) is 13.3 Å². The van der Waals surface area contributed by atoms with Gasteiger partial charge < -0.3 is 15.0 Å². The first-order valence-electron chi connectivity index (χ1n) is 13.2. The molecule has 1 amide bonds. The Morgan fingerprint density at radius 2 is 1.78 bits per heavy atom. The summed E-state index contributed by atoms with van der Waals surface area (Å²) in [6, 6.07) is 7.88. The fourth-order valence-corrected chi connectivity index (χ4v) is 4.00. The Labute approximate surface area is 218 Å². The number of rotatable bonds is 13. The number of para-hydroxylation sites is 1. The first-order chi connectivity index (χ1) is 17.4. The lowest BCUT2D eigenvalue weighted by atomic mass is 9.97. The normalized spacial score (nSPS) is 10.7. The highest BCUT2D eigenvalue weighted by molar-refractivity contribution is 5.78. The van der Waals surface area contributed by atoms with Crippen LogP contribution in [0.2, 0.25) is 0 Å². The number of hydrogen-bond donors (Lipinski definition) is 1. The molecule has 0 spiro atoms. The van der Waals surface area contributed by atoms with E-state index < -0.39 is 0 Å². The Kier molecular flexibility index (Phi) is 14.8. The Bertz CT molecular complexity index is 961. The second-order valence-electron chi connectivity index (χ2n) is 8.72. The molecule has 0 aliphatic heterocycles. The number of anilines is 1. The Hall–Kier alpha value is -3.15. The molecule has 0 radical (unpaired) electrons. The van der Waals surface area contributed by atoms with Gasteiger partial charge in [0.15, 0.2) is 0 Å². The van der Waals surface area contributed by atoms with Crippen LogP contribution >= 0.6 is 0 Å². The van der Waals surface area contributed by atoms with Crippen LogP contribution in [0.3, 0.4) is 0 Å². The van der Waals surface area contributed by atoms with E-state index in [0.717, 1.165) is 66.9 Å². The number of aromatic nitrogens is 2. The SMILES string of the molecule is C=C(C)c1cnc(NCc2ccccc2OC)nc1/C=C\C.CCCC(CCC)C(=O)N(CC)CC. The van der Waals surface area contributed by atoms with Crippen LogP contribution < -0.4 is 10.1 Å². The molecule has 36 heavy (non-hydrogen) atoms. The zero-order chi connectivity index (χ0) is 26.9. The van der Waals surface area contributed by atoms with Crippen molar-refractivity contribution in [2.24, 2.45) is 5.92 Å². The van der Waals surface area contributed by atoms with Crippen LogP contribution in [0, 0.1) is 5.92 Å². The van der Waals surface area contributed by atoms with E-state index in [-0.39, 0.29) is 5.92 Å². The predicted molar refractivity (Wildman–Crippen MR) is 153 cm³/mol. The van der Waals surface area contributed by atoms with Crippen molar-refractivity contribution >= 4 is 23.5 Å². The summed E-state index contributed by atoms with van der Waals surface area (Å²) in [6.07, 6.45) is 10.0. The van der Waals surface area contributed by atoms with E-state index in [9.17, 15) is 4.79 Å². The van der Waals surface area contributed by atoms with Crippen LogP contribution in [0.4, 0.5) is 5.95 Å². The van der Waals surface area contributed by atoms with Crippen molar-refractivity contribution in [3.8, 4) is 5.75 Å². The summed E-state index contributed by atoms with van der Waals surface area (Å²) in [7, 11) is 1.67. The summed E-state index contributed by atoms with van der Waals surface area (Å²) in [5, 5.41) is 3.23. The molecule has 6 nitrogen and oxygen atoms in total. The summed E-state index contributed by atoms with van der Waals surface area (Å²) < 4.78 is 5.34. The van der Waals surface area contributed by atoms with Crippen molar-refractivity contribution in [1.29, 1.82) is 0 Å². The van der Waals surface area contributed by atoms with E-state index in [1.165, 1.54) is 0 Å². The van der Waals surface area contributed by atoms with Gasteiger partial charge in [0.25, 0.3) is 0 Å². The highest BCUT2D eigenvalue weighted by Gasteiger charge is 2.20. The average Bonchev–Trinajstić information content (AvgIpc) is 2.88. The lowest BCUT2D eigenvalue weighted by Gasteiger charge is -2.24. The number of hydrogen-bond acceptors (Lipinski definition) is 5. The molecule has 0 saturated carbocycles. The first kappa shape index (κ1) is 30.9. The third kappa shape index (κ3) is 9.84. The van der Waals surface area contributed by atoms with Crippen molar-refractivity contribution in [2.75, 3.05) is 25.5 Å². The van der Waals surface area contributed by atoms with Crippen LogP contribution in [0.5, 0.6) is 5.75 Å². The fourth-order valence-electron chi connectivity index (χ4n) is 4.00. The van der Waals surface area contributed by atoms with Crippen molar-refractivity contribution in [3.63, 3.8) is 0 Å². The summed E-state index contributed by atoms with van der Waals surface area (Å²) in [6.45, 7) is 18.6. The topological polar surface area (TPSA) is 67.4 Å². The molecular formula is C30H46N4O2. The first-order valence-corrected chi connectivity index (χ1v) is 13.2. The van der Waals surface area contributed by atoms with Crippen LogP contribution in [-0.4, -0.2) is 41.0 Å². The van der Waals surface area contributed by atoms with Gasteiger partial charge in [-0.3, -0.25) is 4.79 Å². The Morgan fingerprint density at radius 3 is 2.31 bits per heavy atom. The van der Waals surface area contributed by atoms with Crippen molar-refractivity contribution in [2.45, 2.75) is 73.8 Å². The summed E-state index contributed by atoms with van der Waals surface area (Å²) in [5.41, 5.74) is 3.84. The third-order valence-electron chi connectivity index (χ3n) is 5.93. The number of carbonyl (C=O) groups excluding carboxylic acids is 1. The zero-order valence-electron chi connectivity index (χ0n) is 23.4. The summed E-state index contributed by atoms with van der Waals surface area (Å²) in [5.74, 6) is 2.06. The molecule has 2 rings (SSSR count). The number of methoxy groups -OCH3 is 1. The van der Waals surface area contributed by atoms with E-state index in [2.05, 4.69) is 49.6 Å². The largest absolute Gasteiger partial charge is 0.496 e. The molecule has 2 aromatic rings. The lowest BCUT2D eigenvalue weighted by Crippen LogP contribution is -2.35. The molecular weight excluding hydrogens is 448 g/mol. The molecule has 1 heterocycles. The van der Waals surface area contributed by atoms with E-state index in [1.807, 2.05) is 55.2 Å². The maximum absolute atomic E-state index is 12.0. The summed E-state index contributed by atoms with van der Waals surface area (Å²) >= 11 is 0. The van der Waals surface area contributed by atoms with Gasteiger partial charge in [0.1, 0.15) is 5.75 Å². The Morgan fingerprint density at radius 1 is 1.14 bits per heavy atom. The molecule has 1 aromatic heterocycles. The van der Waals surface area contributed by atoms with Gasteiger partial charge in [-0.05, 0) is 58.3 Å². The highest BCUT2D eigenvalue weighted by Crippen LogP contribution is 2.20. The molecule has 0 unspecified atom stereocenters. The van der Waals surface area contributed by atoms with Crippen LogP contribution in [0.15, 0.2) is 43.1 Å². The maximum atomic E-state index is 12.0. The standard InChI is InChI=1S/C18H21N3O.C12H25NO/c1-5-8-16-15(13(2)3)12-20-18(21-16)19-11-14-9-6-7-10-17(14)22-4;1-5-9-11(10-6-2)12(14)13(7-3)8-4/h5-10,12H,2,11H2,1,3-4H3,(H,19,20,21);11H,5-10H2,1-4H3/b8-5-;. The number of amides is 1. The second kappa shape index (κ2) is 17.3. The van der Waals surface area contributed by atoms with Crippen molar-refractivity contribution < 1.29 is 9.53 Å². The quantitative estimate of drug-likeness (QED) is 0.318. The molecule has 198 valence electrons. The van der Waals surface area contributed by atoms with E-state index >= 15 is 0 Å². The van der Waals surface area contributed by atoms with Crippen LogP contribution in [-0.2, 0) is 11.3 Å². The third-order valence-corrected chi connectivity index (χ3v) is 5.93. The molecule has 0 atom stereocenters. The number of allylic oxidation sites excluding steroid dienone is 2. The molecule has 0 aliphatic rings. The Balaban J connectivity index is 0.000000402. The van der Waals surface area contributed by atoms with Gasteiger partial charge in [0.05, 0.1) is 12.8 Å².